The maximum absolute atomic E-state index is 11.6. The van der Waals surface area contributed by atoms with Crippen molar-refractivity contribution in [3.8, 4) is 0 Å². The summed E-state index contributed by atoms with van der Waals surface area (Å²) in [6, 6.07) is -1.71. The Morgan fingerprint density at radius 3 is 2.06 bits per heavy atom. The van der Waals surface area contributed by atoms with Gasteiger partial charge in [0.2, 0.25) is 11.8 Å². The summed E-state index contributed by atoms with van der Waals surface area (Å²) in [4.78, 5) is 33.0. The second-order valence-electron chi connectivity index (χ2n) is 5.31. The van der Waals surface area contributed by atoms with E-state index >= 15 is 0 Å². The maximum atomic E-state index is 11.6. The second-order valence-corrected chi connectivity index (χ2v) is 5.31. The van der Waals surface area contributed by atoms with Gasteiger partial charge in [-0.05, 0) is 5.41 Å². The molecule has 1 unspecified atom stereocenters. The third-order valence-corrected chi connectivity index (χ3v) is 2.56. The zero-order valence-electron chi connectivity index (χ0n) is 10.9. The number of nitrogens with one attached hydrogen (secondary N) is 1. The van der Waals surface area contributed by atoms with E-state index in [1.165, 1.54) is 0 Å². The summed E-state index contributed by atoms with van der Waals surface area (Å²) in [6.45, 7) is 5.63. The number of hydrogen-bond acceptors (Lipinski definition) is 4. The number of primary amides is 1. The molecule has 104 valence electrons. The van der Waals surface area contributed by atoms with Crippen molar-refractivity contribution in [3.63, 3.8) is 0 Å². The van der Waals surface area contributed by atoms with Gasteiger partial charge in [-0.25, -0.2) is 4.79 Å². The summed E-state index contributed by atoms with van der Waals surface area (Å²) in [7, 11) is 0. The minimum absolute atomic E-state index is 0.00789. The van der Waals surface area contributed by atoms with Gasteiger partial charge in [0.15, 0.2) is 0 Å². The quantitative estimate of drug-likeness (QED) is 0.495. The van der Waals surface area contributed by atoms with Crippen LogP contribution in [0, 0.1) is 5.41 Å². The Morgan fingerprint density at radius 2 is 1.72 bits per heavy atom. The lowest BCUT2D eigenvalue weighted by Gasteiger charge is -2.26. The van der Waals surface area contributed by atoms with Gasteiger partial charge >= 0.3 is 5.97 Å². The number of carbonyl (C=O) groups excluding carboxylic acids is 2. The number of nitrogens with two attached hydrogens (primary N) is 2. The molecule has 0 aromatic rings. The molecule has 0 aliphatic carbocycles. The Morgan fingerprint density at radius 1 is 1.22 bits per heavy atom. The maximum Gasteiger partial charge on any atom is 0.326 e. The standard InChI is InChI=1S/C11H21N3O4/c1-11(2,3)7(12)5-9(16)14-6(10(17)18)4-8(13)15/h6-7H,4-5,12H2,1-3H3,(H2,13,15)(H,14,16)(H,17,18)/t6-,7?/m0/s1. The number of carboxylic acid groups (broad SMARTS) is 1. The smallest absolute Gasteiger partial charge is 0.326 e. The van der Waals surface area contributed by atoms with Gasteiger partial charge < -0.3 is 21.9 Å². The molecule has 18 heavy (non-hydrogen) atoms. The van der Waals surface area contributed by atoms with Crippen molar-refractivity contribution in [1.29, 1.82) is 0 Å². The first kappa shape index (κ1) is 16.4. The van der Waals surface area contributed by atoms with Gasteiger partial charge in [0.05, 0.1) is 6.42 Å². The van der Waals surface area contributed by atoms with Crippen molar-refractivity contribution < 1.29 is 19.5 Å². The summed E-state index contributed by atoms with van der Waals surface area (Å²) in [6.07, 6.45) is -0.447. The van der Waals surface area contributed by atoms with Crippen LogP contribution in [0.15, 0.2) is 0 Å². The second kappa shape index (κ2) is 6.34. The number of amides is 2. The minimum Gasteiger partial charge on any atom is -0.480 e. The van der Waals surface area contributed by atoms with E-state index in [1.54, 1.807) is 0 Å². The first-order chi connectivity index (χ1) is 8.04. The largest absolute Gasteiger partial charge is 0.480 e. The molecule has 7 heteroatoms. The molecule has 7 nitrogen and oxygen atoms in total. The predicted molar refractivity (Wildman–Crippen MR) is 65.4 cm³/mol. The summed E-state index contributed by atoms with van der Waals surface area (Å²) in [5.74, 6) is -2.60. The fraction of sp³-hybridized carbons (Fsp3) is 0.727. The van der Waals surface area contributed by atoms with E-state index < -0.39 is 36.3 Å². The molecule has 0 saturated carbocycles. The van der Waals surface area contributed by atoms with Gasteiger partial charge in [-0.15, -0.1) is 0 Å². The Kier molecular flexibility index (Phi) is 5.77. The fourth-order valence-corrected chi connectivity index (χ4v) is 1.16. The molecule has 2 amide bonds. The van der Waals surface area contributed by atoms with Gasteiger partial charge in [-0.3, -0.25) is 9.59 Å². The highest BCUT2D eigenvalue weighted by atomic mass is 16.4. The SMILES string of the molecule is CC(C)(C)C(N)CC(=O)N[C@@H](CC(N)=O)C(=O)O. The average Bonchev–Trinajstić information content (AvgIpc) is 2.13. The van der Waals surface area contributed by atoms with Crippen LogP contribution in [-0.4, -0.2) is 35.0 Å². The van der Waals surface area contributed by atoms with Crippen LogP contribution in [0.1, 0.15) is 33.6 Å². The van der Waals surface area contributed by atoms with Crippen molar-refractivity contribution >= 4 is 17.8 Å². The van der Waals surface area contributed by atoms with Gasteiger partial charge in [-0.2, -0.15) is 0 Å². The molecule has 0 heterocycles. The Bertz CT molecular complexity index is 336. The topological polar surface area (TPSA) is 136 Å². The lowest BCUT2D eigenvalue weighted by atomic mass is 9.85. The van der Waals surface area contributed by atoms with E-state index in [1.807, 2.05) is 20.8 Å². The Labute approximate surface area is 106 Å². The van der Waals surface area contributed by atoms with E-state index in [0.29, 0.717) is 0 Å². The van der Waals surface area contributed by atoms with E-state index in [4.69, 9.17) is 16.6 Å². The summed E-state index contributed by atoms with van der Waals surface area (Å²) >= 11 is 0. The first-order valence-electron chi connectivity index (χ1n) is 5.60. The van der Waals surface area contributed by atoms with Gasteiger partial charge in [0, 0.05) is 12.5 Å². The normalized spacial score (nSPS) is 14.7. The molecule has 6 N–H and O–H groups in total. The van der Waals surface area contributed by atoms with Gasteiger partial charge in [0.25, 0.3) is 0 Å². The van der Waals surface area contributed by atoms with Crippen LogP contribution in [0.25, 0.3) is 0 Å². The van der Waals surface area contributed by atoms with Crippen molar-refractivity contribution in [2.75, 3.05) is 0 Å². The van der Waals surface area contributed by atoms with Crippen LogP contribution < -0.4 is 16.8 Å². The number of hydrogen-bond donors (Lipinski definition) is 4. The lowest BCUT2D eigenvalue weighted by Crippen LogP contribution is -2.46. The highest BCUT2D eigenvalue weighted by Crippen LogP contribution is 2.19. The molecule has 0 radical (unpaired) electrons. The molecule has 0 aliphatic rings. The summed E-state index contributed by atoms with van der Waals surface area (Å²) in [5.41, 5.74) is 10.4. The monoisotopic (exact) mass is 259 g/mol. The number of aliphatic carboxylic acids is 1. The van der Waals surface area contributed by atoms with Crippen molar-refractivity contribution in [1.82, 2.24) is 5.32 Å². The molecule has 0 saturated heterocycles. The molecule has 0 fully saturated rings. The fourth-order valence-electron chi connectivity index (χ4n) is 1.16. The molecule has 2 atom stereocenters. The molecule has 0 spiro atoms. The third-order valence-electron chi connectivity index (χ3n) is 2.56. The first-order valence-corrected chi connectivity index (χ1v) is 5.60. The number of carboxylic acids is 1. The lowest BCUT2D eigenvalue weighted by molar-refractivity contribution is -0.143. The average molecular weight is 259 g/mol. The van der Waals surface area contributed by atoms with Gasteiger partial charge in [-0.1, -0.05) is 20.8 Å². The molecule has 0 aromatic heterocycles. The minimum atomic E-state index is -1.30. The van der Waals surface area contributed by atoms with Gasteiger partial charge in [0.1, 0.15) is 6.04 Å². The number of carbonyl (C=O) groups is 3. The van der Waals surface area contributed by atoms with E-state index in [9.17, 15) is 14.4 Å². The van der Waals surface area contributed by atoms with Crippen LogP contribution in [-0.2, 0) is 14.4 Å². The molecule has 0 bridgehead atoms. The van der Waals surface area contributed by atoms with Crippen LogP contribution in [0.3, 0.4) is 0 Å². The Hall–Kier alpha value is -1.63. The van der Waals surface area contributed by atoms with Crippen molar-refractivity contribution in [2.24, 2.45) is 16.9 Å². The van der Waals surface area contributed by atoms with E-state index in [2.05, 4.69) is 5.32 Å². The highest BCUT2D eigenvalue weighted by Gasteiger charge is 2.26. The molecular weight excluding hydrogens is 238 g/mol. The van der Waals surface area contributed by atoms with E-state index in [-0.39, 0.29) is 11.8 Å². The molecule has 0 aromatic carbocycles. The zero-order valence-corrected chi connectivity index (χ0v) is 10.9. The Balaban J connectivity index is 4.44. The van der Waals surface area contributed by atoms with Crippen LogP contribution in [0.4, 0.5) is 0 Å². The molecule has 0 aliphatic heterocycles. The molecular formula is C11H21N3O4. The van der Waals surface area contributed by atoms with E-state index in [0.717, 1.165) is 0 Å². The predicted octanol–water partition coefficient (Wildman–Crippen LogP) is -0.805. The summed E-state index contributed by atoms with van der Waals surface area (Å²) < 4.78 is 0. The highest BCUT2D eigenvalue weighted by molar-refractivity contribution is 5.88. The van der Waals surface area contributed by atoms with Crippen LogP contribution >= 0.6 is 0 Å². The number of rotatable bonds is 6. The van der Waals surface area contributed by atoms with Crippen LogP contribution in [0.2, 0.25) is 0 Å². The van der Waals surface area contributed by atoms with Crippen LogP contribution in [0.5, 0.6) is 0 Å². The van der Waals surface area contributed by atoms with Crippen molar-refractivity contribution in [3.05, 3.63) is 0 Å². The third kappa shape index (κ3) is 6.19. The molecule has 0 rings (SSSR count). The van der Waals surface area contributed by atoms with Crippen molar-refractivity contribution in [2.45, 2.75) is 45.7 Å². The summed E-state index contributed by atoms with van der Waals surface area (Å²) in [5, 5.41) is 11.0. The zero-order chi connectivity index (χ0) is 14.5.